The molecule has 0 radical (unpaired) electrons. The first-order valence-corrected chi connectivity index (χ1v) is 24.2. The molecule has 0 N–H and O–H groups in total. The maximum atomic E-state index is 9.69. The van der Waals surface area contributed by atoms with Gasteiger partial charge < -0.3 is 14.5 Å². The van der Waals surface area contributed by atoms with E-state index in [1.54, 1.807) is 50.3 Å². The number of piperazine rings is 2. The molecule has 10 aromatic rings. The smallest absolute Gasteiger partial charge is 0.212 e. The van der Waals surface area contributed by atoms with Crippen LogP contribution in [-0.2, 0) is 27.2 Å². The number of anilines is 2. The van der Waals surface area contributed by atoms with Crippen LogP contribution in [0.2, 0.25) is 0 Å². The van der Waals surface area contributed by atoms with Crippen molar-refractivity contribution in [3.05, 3.63) is 158 Å². The van der Waals surface area contributed by atoms with Crippen molar-refractivity contribution >= 4 is 22.7 Å². The van der Waals surface area contributed by atoms with Crippen molar-refractivity contribution in [1.29, 1.82) is 10.5 Å². The molecule has 0 aromatic carbocycles. The molecule has 2 aliphatic rings. The van der Waals surface area contributed by atoms with Crippen molar-refractivity contribution in [3.8, 4) is 62.5 Å². The van der Waals surface area contributed by atoms with Gasteiger partial charge >= 0.3 is 0 Å². The zero-order chi connectivity index (χ0) is 50.5. The van der Waals surface area contributed by atoms with Crippen molar-refractivity contribution in [2.45, 2.75) is 13.1 Å². The van der Waals surface area contributed by atoms with E-state index in [0.717, 1.165) is 138 Å². The van der Waals surface area contributed by atoms with Crippen LogP contribution in [0.3, 0.4) is 0 Å². The minimum absolute atomic E-state index is 0.532. The van der Waals surface area contributed by atoms with Crippen molar-refractivity contribution in [2.24, 2.45) is 14.1 Å². The van der Waals surface area contributed by atoms with Crippen LogP contribution in [0.4, 0.5) is 11.6 Å². The van der Waals surface area contributed by atoms with Gasteiger partial charge in [-0.1, -0.05) is 6.07 Å². The standard InChI is InChI=1S/C28H27N9O.C26H24N10/c1-34-18-24(16-32-34)22-11-25(28-23(12-29)15-33-37(28)19-22)21-4-5-26(30-14-21)36-9-7-35(8-10-36)17-20-3-6-27(38-2)31-13-20;1-33-16-22(14-31-33)20-10-24(26-21(11-27)13-32-36(26)17-20)19-2-3-25(30-12-19)35-8-6-34(7-9-35)18-23-15-28-4-5-29-23/h3-6,11,13-16,18-19H,7-10,17H2,1-2H3;2-5,10,12-17H,6-9,18H2,1H3. The molecule has 0 saturated carbocycles. The first-order valence-electron chi connectivity index (χ1n) is 24.2. The summed E-state index contributed by atoms with van der Waals surface area (Å²) in [6, 6.07) is 20.9. The molecule has 0 unspecified atom stereocenters. The molecule has 20 heteroatoms. The summed E-state index contributed by atoms with van der Waals surface area (Å²) in [5.74, 6) is 2.54. The average Bonchev–Trinajstić information content (AvgIpc) is 4.29. The third-order valence-corrected chi connectivity index (χ3v) is 13.5. The van der Waals surface area contributed by atoms with E-state index in [-0.39, 0.29) is 0 Å². The van der Waals surface area contributed by atoms with Crippen LogP contribution in [0, 0.1) is 22.7 Å². The summed E-state index contributed by atoms with van der Waals surface area (Å²) in [5.41, 5.74) is 12.4. The highest BCUT2D eigenvalue weighted by atomic mass is 16.5. The lowest BCUT2D eigenvalue weighted by Crippen LogP contribution is -2.46. The van der Waals surface area contributed by atoms with Gasteiger partial charge in [0.2, 0.25) is 5.88 Å². The molecular formula is C54H51N19O. The number of aryl methyl sites for hydroxylation is 2. The Bertz CT molecular complexity index is 3630. The van der Waals surface area contributed by atoms with E-state index in [1.807, 2.05) is 82.1 Å². The average molecular weight is 982 g/mol. The predicted octanol–water partition coefficient (Wildman–Crippen LogP) is 6.17. The van der Waals surface area contributed by atoms with E-state index in [4.69, 9.17) is 14.7 Å². The van der Waals surface area contributed by atoms with Gasteiger partial charge in [-0.25, -0.2) is 24.0 Å². The highest BCUT2D eigenvalue weighted by molar-refractivity contribution is 5.89. The minimum Gasteiger partial charge on any atom is -0.481 e. The summed E-state index contributed by atoms with van der Waals surface area (Å²) >= 11 is 0. The first-order chi connectivity index (χ1) is 36.3. The normalized spacial score (nSPS) is 14.2. The van der Waals surface area contributed by atoms with E-state index >= 15 is 0 Å². The van der Waals surface area contributed by atoms with E-state index in [2.05, 4.69) is 110 Å². The third-order valence-electron chi connectivity index (χ3n) is 13.5. The molecular weight excluding hydrogens is 931 g/mol. The predicted molar refractivity (Wildman–Crippen MR) is 278 cm³/mol. The van der Waals surface area contributed by atoms with Gasteiger partial charge in [-0.2, -0.15) is 30.9 Å². The fourth-order valence-corrected chi connectivity index (χ4v) is 9.56. The first kappa shape index (κ1) is 47.0. The zero-order valence-corrected chi connectivity index (χ0v) is 41.2. The number of hydrogen-bond acceptors (Lipinski definition) is 16. The summed E-state index contributed by atoms with van der Waals surface area (Å²) in [5, 5.41) is 36.8. The van der Waals surface area contributed by atoms with Crippen LogP contribution in [0.1, 0.15) is 22.4 Å². The van der Waals surface area contributed by atoms with E-state index in [0.29, 0.717) is 17.0 Å². The van der Waals surface area contributed by atoms with Crippen molar-refractivity contribution in [1.82, 2.24) is 73.5 Å². The van der Waals surface area contributed by atoms with Crippen LogP contribution in [0.5, 0.6) is 5.88 Å². The number of nitrogens with zero attached hydrogens (tertiary/aromatic N) is 19. The van der Waals surface area contributed by atoms with Gasteiger partial charge in [0.1, 0.15) is 23.8 Å². The molecule has 10 aromatic heterocycles. The molecule has 2 aliphatic heterocycles. The maximum Gasteiger partial charge on any atom is 0.212 e. The van der Waals surface area contributed by atoms with E-state index < -0.39 is 0 Å². The number of methoxy groups -OCH3 is 1. The van der Waals surface area contributed by atoms with E-state index in [9.17, 15) is 10.5 Å². The highest BCUT2D eigenvalue weighted by Crippen LogP contribution is 2.34. The van der Waals surface area contributed by atoms with Crippen LogP contribution >= 0.6 is 0 Å². The largest absolute Gasteiger partial charge is 0.481 e. The summed E-state index contributed by atoms with van der Waals surface area (Å²) < 4.78 is 12.2. The molecule has 12 heterocycles. The minimum atomic E-state index is 0.532. The quantitative estimate of drug-likeness (QED) is 0.142. The maximum absolute atomic E-state index is 9.69. The van der Waals surface area contributed by atoms with Gasteiger partial charge in [0.05, 0.1) is 59.8 Å². The van der Waals surface area contributed by atoms with Crippen molar-refractivity contribution in [3.63, 3.8) is 0 Å². The lowest BCUT2D eigenvalue weighted by Gasteiger charge is -2.35. The van der Waals surface area contributed by atoms with Gasteiger partial charge in [-0.05, 0) is 42.0 Å². The number of ether oxygens (including phenoxy) is 1. The Hall–Kier alpha value is -9.37. The molecule has 2 saturated heterocycles. The highest BCUT2D eigenvalue weighted by Gasteiger charge is 2.22. The van der Waals surface area contributed by atoms with Crippen LogP contribution in [0.25, 0.3) is 55.5 Å². The molecule has 12 rings (SSSR count). The summed E-state index contributed by atoms with van der Waals surface area (Å²) in [6.07, 6.45) is 25.6. The molecule has 368 valence electrons. The molecule has 0 bridgehead atoms. The molecule has 0 spiro atoms. The molecule has 2 fully saturated rings. The van der Waals surface area contributed by atoms with Crippen molar-refractivity contribution in [2.75, 3.05) is 69.3 Å². The summed E-state index contributed by atoms with van der Waals surface area (Å²) in [7, 11) is 5.41. The third kappa shape index (κ3) is 9.95. The molecule has 74 heavy (non-hydrogen) atoms. The topological polar surface area (TPSA) is 204 Å². The number of fused-ring (bicyclic) bond motifs is 2. The second-order valence-corrected chi connectivity index (χ2v) is 18.3. The second kappa shape index (κ2) is 20.8. The Morgan fingerprint density at radius 2 is 1.04 bits per heavy atom. The van der Waals surface area contributed by atoms with Crippen LogP contribution in [0.15, 0.2) is 135 Å². The number of hydrogen-bond donors (Lipinski definition) is 0. The Morgan fingerprint density at radius 1 is 0.500 bits per heavy atom. The van der Waals surface area contributed by atoms with E-state index in [1.165, 1.54) is 5.56 Å². The summed E-state index contributed by atoms with van der Waals surface area (Å²) in [6.45, 7) is 9.05. The van der Waals surface area contributed by atoms with Gasteiger partial charge in [-0.3, -0.25) is 29.1 Å². The number of nitriles is 2. The monoisotopic (exact) mass is 981 g/mol. The van der Waals surface area contributed by atoms with Gasteiger partial charge in [0, 0.05) is 192 Å². The Labute approximate surface area is 426 Å². The lowest BCUT2D eigenvalue weighted by atomic mass is 10.0. The van der Waals surface area contributed by atoms with Gasteiger partial charge in [0.25, 0.3) is 0 Å². The SMILES string of the molecule is COc1ccc(CN2CCN(c3ccc(-c4cc(-c5cnn(C)c5)cn5ncc(C#N)c45)cn3)CC2)cn1.Cn1cc(-c2cc(-c3ccc(N4CCN(Cc5cnccn5)CC4)nc3)c3c(C#N)cnn3c2)cn1. The number of rotatable bonds is 11. The summed E-state index contributed by atoms with van der Waals surface area (Å²) in [4.78, 5) is 31.9. The lowest BCUT2D eigenvalue weighted by molar-refractivity contribution is 0.246. The fraction of sp³-hybridized carbons (Fsp3) is 0.241. The fourth-order valence-electron chi connectivity index (χ4n) is 9.56. The molecule has 0 atom stereocenters. The number of aromatic nitrogens is 13. The van der Waals surface area contributed by atoms with Gasteiger partial charge in [0.15, 0.2) is 0 Å². The Morgan fingerprint density at radius 3 is 1.46 bits per heavy atom. The zero-order valence-electron chi connectivity index (χ0n) is 41.2. The molecule has 20 nitrogen and oxygen atoms in total. The Balaban J connectivity index is 0.000000159. The van der Waals surface area contributed by atoms with Crippen LogP contribution in [-0.4, -0.2) is 133 Å². The molecule has 0 amide bonds. The number of pyridine rings is 5. The van der Waals surface area contributed by atoms with Crippen LogP contribution < -0.4 is 14.5 Å². The van der Waals surface area contributed by atoms with Gasteiger partial charge in [-0.15, -0.1) is 0 Å². The molecule has 0 aliphatic carbocycles. The van der Waals surface area contributed by atoms with Crippen molar-refractivity contribution < 1.29 is 4.74 Å². The second-order valence-electron chi connectivity index (χ2n) is 18.3. The Kier molecular flexibility index (Phi) is 13.2.